The summed E-state index contributed by atoms with van der Waals surface area (Å²) in [6.07, 6.45) is 3.58. The number of rotatable bonds is 5. The van der Waals surface area contributed by atoms with Crippen molar-refractivity contribution < 1.29 is 0 Å². The van der Waals surface area contributed by atoms with E-state index in [2.05, 4.69) is 30.5 Å². The molecular formula is C11H24N2S. The largest absolute Gasteiger partial charge is 0.328 e. The van der Waals surface area contributed by atoms with E-state index in [1.54, 1.807) is 0 Å². The lowest BCUT2D eigenvalue weighted by Crippen LogP contribution is -2.39. The predicted molar refractivity (Wildman–Crippen MR) is 65.9 cm³/mol. The van der Waals surface area contributed by atoms with E-state index in [9.17, 15) is 0 Å². The van der Waals surface area contributed by atoms with Crippen LogP contribution in [0.3, 0.4) is 0 Å². The Balaban J connectivity index is 2.17. The van der Waals surface area contributed by atoms with Gasteiger partial charge in [-0.1, -0.05) is 13.8 Å². The molecule has 0 aromatic heterocycles. The molecule has 0 aliphatic carbocycles. The topological polar surface area (TPSA) is 29.3 Å². The zero-order chi connectivity index (χ0) is 10.4. The number of hydrogen-bond donors (Lipinski definition) is 1. The van der Waals surface area contributed by atoms with Crippen LogP contribution in [0.2, 0.25) is 0 Å². The molecule has 0 amide bonds. The summed E-state index contributed by atoms with van der Waals surface area (Å²) in [6, 6.07) is 0.407. The molecular weight excluding hydrogens is 192 g/mol. The third-order valence-corrected chi connectivity index (χ3v) is 4.39. The molecule has 1 aliphatic rings. The minimum atomic E-state index is 0.407. The first-order valence-electron chi connectivity index (χ1n) is 5.85. The van der Waals surface area contributed by atoms with E-state index < -0.39 is 0 Å². The molecule has 2 nitrogen and oxygen atoms in total. The highest BCUT2D eigenvalue weighted by Gasteiger charge is 2.18. The smallest absolute Gasteiger partial charge is 0.0172 e. The molecule has 0 spiro atoms. The van der Waals surface area contributed by atoms with Gasteiger partial charge in [0.05, 0.1) is 0 Å². The summed E-state index contributed by atoms with van der Waals surface area (Å²) in [4.78, 5) is 2.58. The van der Waals surface area contributed by atoms with Crippen LogP contribution >= 0.6 is 11.8 Å². The summed E-state index contributed by atoms with van der Waals surface area (Å²) in [5.41, 5.74) is 5.93. The van der Waals surface area contributed by atoms with Crippen LogP contribution in [0.1, 0.15) is 33.1 Å². The Morgan fingerprint density at radius 2 is 2.29 bits per heavy atom. The molecule has 1 rings (SSSR count). The van der Waals surface area contributed by atoms with E-state index in [0.717, 1.165) is 18.1 Å². The fourth-order valence-corrected chi connectivity index (χ4v) is 3.03. The molecule has 1 heterocycles. The van der Waals surface area contributed by atoms with Gasteiger partial charge < -0.3 is 10.6 Å². The van der Waals surface area contributed by atoms with E-state index in [-0.39, 0.29) is 0 Å². The van der Waals surface area contributed by atoms with Crippen molar-refractivity contribution in [3.63, 3.8) is 0 Å². The molecule has 1 fully saturated rings. The summed E-state index contributed by atoms with van der Waals surface area (Å²) in [5.74, 6) is 1.31. The van der Waals surface area contributed by atoms with Crippen molar-refractivity contribution in [2.24, 2.45) is 5.73 Å². The van der Waals surface area contributed by atoms with Crippen molar-refractivity contribution in [2.45, 2.75) is 44.4 Å². The van der Waals surface area contributed by atoms with Crippen LogP contribution in [0, 0.1) is 0 Å². The van der Waals surface area contributed by atoms with E-state index in [0.29, 0.717) is 6.04 Å². The van der Waals surface area contributed by atoms with Crippen LogP contribution in [-0.4, -0.2) is 41.6 Å². The second-order valence-corrected chi connectivity index (χ2v) is 5.57. The summed E-state index contributed by atoms with van der Waals surface area (Å²) >= 11 is 2.13. The minimum Gasteiger partial charge on any atom is -0.328 e. The van der Waals surface area contributed by atoms with Gasteiger partial charge in [-0.25, -0.2) is 0 Å². The highest BCUT2D eigenvalue weighted by Crippen LogP contribution is 2.21. The van der Waals surface area contributed by atoms with Gasteiger partial charge in [-0.05, 0) is 25.8 Å². The molecule has 84 valence electrons. The Morgan fingerprint density at radius 1 is 1.50 bits per heavy atom. The fourth-order valence-electron chi connectivity index (χ4n) is 1.78. The van der Waals surface area contributed by atoms with Crippen LogP contribution in [0.5, 0.6) is 0 Å². The summed E-state index contributed by atoms with van der Waals surface area (Å²) in [5, 5.41) is 0.863. The van der Waals surface area contributed by atoms with Gasteiger partial charge in [-0.15, -0.1) is 0 Å². The maximum Gasteiger partial charge on any atom is 0.0172 e. The van der Waals surface area contributed by atoms with Crippen LogP contribution in [0.25, 0.3) is 0 Å². The zero-order valence-corrected chi connectivity index (χ0v) is 10.4. The van der Waals surface area contributed by atoms with Gasteiger partial charge in [-0.3, -0.25) is 0 Å². The fraction of sp³-hybridized carbons (Fsp3) is 1.00. The van der Waals surface area contributed by atoms with Gasteiger partial charge in [0.2, 0.25) is 0 Å². The maximum absolute atomic E-state index is 5.93. The van der Waals surface area contributed by atoms with E-state index >= 15 is 0 Å². The van der Waals surface area contributed by atoms with E-state index in [4.69, 9.17) is 5.73 Å². The SMILES string of the molecule is CCC(N)CCN1CCSC(CC)C1. The number of thioether (sulfide) groups is 1. The second kappa shape index (κ2) is 6.70. The maximum atomic E-state index is 5.93. The lowest BCUT2D eigenvalue weighted by Gasteiger charge is -2.32. The van der Waals surface area contributed by atoms with Gasteiger partial charge >= 0.3 is 0 Å². The molecule has 2 atom stereocenters. The Hall–Kier alpha value is 0.270. The molecule has 0 aromatic carbocycles. The molecule has 0 saturated carbocycles. The van der Waals surface area contributed by atoms with E-state index in [1.807, 2.05) is 0 Å². The Kier molecular flexibility index (Phi) is 5.90. The highest BCUT2D eigenvalue weighted by molar-refractivity contribution is 8.00. The van der Waals surface area contributed by atoms with Crippen LogP contribution in [-0.2, 0) is 0 Å². The van der Waals surface area contributed by atoms with Crippen molar-refractivity contribution in [2.75, 3.05) is 25.4 Å². The highest BCUT2D eigenvalue weighted by atomic mass is 32.2. The molecule has 14 heavy (non-hydrogen) atoms. The van der Waals surface area contributed by atoms with Crippen molar-refractivity contribution in [1.82, 2.24) is 4.90 Å². The zero-order valence-electron chi connectivity index (χ0n) is 9.54. The summed E-state index contributed by atoms with van der Waals surface area (Å²) < 4.78 is 0. The standard InChI is InChI=1S/C11H24N2S/c1-3-10(12)5-6-13-7-8-14-11(4-2)9-13/h10-11H,3-9,12H2,1-2H3. The van der Waals surface area contributed by atoms with Crippen molar-refractivity contribution >= 4 is 11.8 Å². The molecule has 0 radical (unpaired) electrons. The molecule has 0 bridgehead atoms. The lowest BCUT2D eigenvalue weighted by molar-refractivity contribution is 0.269. The normalized spacial score (nSPS) is 26.4. The van der Waals surface area contributed by atoms with Gasteiger partial charge in [0, 0.05) is 30.1 Å². The van der Waals surface area contributed by atoms with Gasteiger partial charge in [-0.2, -0.15) is 11.8 Å². The van der Waals surface area contributed by atoms with Crippen LogP contribution in [0.4, 0.5) is 0 Å². The van der Waals surface area contributed by atoms with E-state index in [1.165, 1.54) is 31.8 Å². The van der Waals surface area contributed by atoms with Crippen LogP contribution < -0.4 is 5.73 Å². The number of nitrogens with zero attached hydrogens (tertiary/aromatic N) is 1. The van der Waals surface area contributed by atoms with Crippen molar-refractivity contribution in [1.29, 1.82) is 0 Å². The quantitative estimate of drug-likeness (QED) is 0.761. The molecule has 1 aliphatic heterocycles. The summed E-state index contributed by atoms with van der Waals surface area (Å²) in [6.45, 7) is 8.20. The first kappa shape index (κ1) is 12.3. The average Bonchev–Trinajstić information content (AvgIpc) is 2.26. The first-order chi connectivity index (χ1) is 6.76. The predicted octanol–water partition coefficient (Wildman–Crippen LogP) is 1.94. The van der Waals surface area contributed by atoms with Crippen molar-refractivity contribution in [3.05, 3.63) is 0 Å². The number of nitrogens with two attached hydrogens (primary N) is 1. The van der Waals surface area contributed by atoms with Gasteiger partial charge in [0.15, 0.2) is 0 Å². The monoisotopic (exact) mass is 216 g/mol. The van der Waals surface area contributed by atoms with Gasteiger partial charge in [0.1, 0.15) is 0 Å². The summed E-state index contributed by atoms with van der Waals surface area (Å²) in [7, 11) is 0. The molecule has 3 heteroatoms. The van der Waals surface area contributed by atoms with Crippen molar-refractivity contribution in [3.8, 4) is 0 Å². The molecule has 1 saturated heterocycles. The van der Waals surface area contributed by atoms with Gasteiger partial charge in [0.25, 0.3) is 0 Å². The molecule has 2 unspecified atom stereocenters. The first-order valence-corrected chi connectivity index (χ1v) is 6.90. The Morgan fingerprint density at radius 3 is 2.93 bits per heavy atom. The Bertz CT molecular complexity index is 152. The molecule has 2 N–H and O–H groups in total. The second-order valence-electron chi connectivity index (χ2n) is 4.16. The lowest BCUT2D eigenvalue weighted by atomic mass is 10.1. The molecule has 0 aromatic rings. The third kappa shape index (κ3) is 4.20. The average molecular weight is 216 g/mol. The Labute approximate surface area is 92.6 Å². The minimum absolute atomic E-state index is 0.407. The third-order valence-electron chi connectivity index (χ3n) is 3.02. The van der Waals surface area contributed by atoms with Crippen LogP contribution in [0.15, 0.2) is 0 Å². The number of hydrogen-bond acceptors (Lipinski definition) is 3.